The van der Waals surface area contributed by atoms with Gasteiger partial charge in [0.25, 0.3) is 0 Å². The van der Waals surface area contributed by atoms with E-state index in [0.717, 1.165) is 44.5 Å². The lowest BCUT2D eigenvalue weighted by Gasteiger charge is -2.40. The molecule has 0 bridgehead atoms. The highest BCUT2D eigenvalue weighted by Crippen LogP contribution is 2.32. The molecule has 0 radical (unpaired) electrons. The maximum atomic E-state index is 13.1. The van der Waals surface area contributed by atoms with Crippen LogP contribution in [0, 0.1) is 0 Å². The minimum atomic E-state index is -4.37. The Morgan fingerprint density at radius 3 is 2.34 bits per heavy atom. The first-order valence-electron chi connectivity index (χ1n) is 11.6. The summed E-state index contributed by atoms with van der Waals surface area (Å²) in [6, 6.07) is 1.29. The monoisotopic (exact) mass is 566 g/mol. The summed E-state index contributed by atoms with van der Waals surface area (Å²) in [5.41, 5.74) is 0.0455. The van der Waals surface area contributed by atoms with Crippen molar-refractivity contribution >= 4 is 22.9 Å². The SMILES string of the molecule is CC(C)N1CCC(N2CCCN(C3C=CC=C(C4NC(C(F)(F)F)=CN4I)N3)CC2)CC1. The van der Waals surface area contributed by atoms with Crippen molar-refractivity contribution in [2.75, 3.05) is 39.3 Å². The van der Waals surface area contributed by atoms with Gasteiger partial charge in [-0.15, -0.1) is 0 Å². The minimum Gasteiger partial charge on any atom is -0.366 e. The summed E-state index contributed by atoms with van der Waals surface area (Å²) >= 11 is 1.92. The van der Waals surface area contributed by atoms with Crippen molar-refractivity contribution in [1.29, 1.82) is 0 Å². The number of alkyl halides is 3. The van der Waals surface area contributed by atoms with E-state index in [0.29, 0.717) is 12.1 Å². The number of hydrogen-bond donors (Lipinski definition) is 2. The summed E-state index contributed by atoms with van der Waals surface area (Å²) in [5.74, 6) is 0. The fraction of sp³-hybridized carbons (Fsp3) is 0.727. The molecular weight excluding hydrogens is 532 g/mol. The van der Waals surface area contributed by atoms with Crippen LogP contribution in [0.3, 0.4) is 0 Å². The number of dihydropyridines is 1. The molecule has 0 aromatic carbocycles. The van der Waals surface area contributed by atoms with Crippen molar-refractivity contribution in [3.05, 3.63) is 35.8 Å². The Morgan fingerprint density at radius 1 is 1.00 bits per heavy atom. The van der Waals surface area contributed by atoms with Gasteiger partial charge in [-0.3, -0.25) is 12.9 Å². The van der Waals surface area contributed by atoms with Crippen molar-refractivity contribution in [3.63, 3.8) is 0 Å². The number of allylic oxidation sites excluding steroid dienone is 3. The molecule has 0 spiro atoms. The van der Waals surface area contributed by atoms with Gasteiger partial charge in [-0.2, -0.15) is 13.2 Å². The second-order valence-corrected chi connectivity index (χ2v) is 10.4. The molecule has 4 aliphatic heterocycles. The largest absolute Gasteiger partial charge is 0.432 e. The minimum absolute atomic E-state index is 0.000671. The van der Waals surface area contributed by atoms with E-state index in [2.05, 4.69) is 45.3 Å². The van der Waals surface area contributed by atoms with Gasteiger partial charge in [-0.25, -0.2) is 0 Å². The Morgan fingerprint density at radius 2 is 1.69 bits per heavy atom. The summed E-state index contributed by atoms with van der Waals surface area (Å²) in [6.07, 6.45) is 5.70. The lowest BCUT2D eigenvalue weighted by atomic mass is 10.0. The van der Waals surface area contributed by atoms with Crippen LogP contribution in [0.5, 0.6) is 0 Å². The van der Waals surface area contributed by atoms with Crippen LogP contribution in [-0.4, -0.2) is 87.7 Å². The molecule has 2 saturated heterocycles. The van der Waals surface area contributed by atoms with Crippen LogP contribution < -0.4 is 10.6 Å². The molecule has 4 heterocycles. The van der Waals surface area contributed by atoms with E-state index in [-0.39, 0.29) is 6.17 Å². The molecule has 10 heteroatoms. The summed E-state index contributed by atoms with van der Waals surface area (Å²) in [4.78, 5) is 7.64. The predicted octanol–water partition coefficient (Wildman–Crippen LogP) is 3.22. The number of likely N-dealkylation sites (tertiary alicyclic amines) is 1. The fourth-order valence-corrected chi connectivity index (χ4v) is 5.81. The first kappa shape index (κ1) is 24.2. The van der Waals surface area contributed by atoms with Crippen LogP contribution in [0.2, 0.25) is 0 Å². The average Bonchev–Trinajstić information content (AvgIpc) is 3.01. The fourth-order valence-electron chi connectivity index (χ4n) is 5.09. The second-order valence-electron chi connectivity index (χ2n) is 9.31. The van der Waals surface area contributed by atoms with Crippen LogP contribution in [0.15, 0.2) is 35.8 Å². The quantitative estimate of drug-likeness (QED) is 0.403. The number of nitrogens with zero attached hydrogens (tertiary/aromatic N) is 4. The van der Waals surface area contributed by atoms with Gasteiger partial charge in [0.1, 0.15) is 11.9 Å². The number of nitrogens with one attached hydrogen (secondary N) is 2. The second kappa shape index (κ2) is 10.1. The van der Waals surface area contributed by atoms with Crippen LogP contribution >= 0.6 is 22.9 Å². The molecule has 32 heavy (non-hydrogen) atoms. The highest BCUT2D eigenvalue weighted by atomic mass is 127. The molecule has 2 fully saturated rings. The molecule has 2 N–H and O–H groups in total. The molecule has 0 saturated carbocycles. The maximum Gasteiger partial charge on any atom is 0.432 e. The number of piperidine rings is 1. The van der Waals surface area contributed by atoms with Crippen LogP contribution in [0.1, 0.15) is 33.1 Å². The van der Waals surface area contributed by atoms with E-state index in [1.54, 1.807) is 3.11 Å². The number of hydrogen-bond acceptors (Lipinski definition) is 6. The zero-order chi connectivity index (χ0) is 22.9. The lowest BCUT2D eigenvalue weighted by Crippen LogP contribution is -2.51. The van der Waals surface area contributed by atoms with E-state index in [1.165, 1.54) is 25.9 Å². The highest BCUT2D eigenvalue weighted by molar-refractivity contribution is 14.1. The first-order valence-corrected chi connectivity index (χ1v) is 12.6. The van der Waals surface area contributed by atoms with Gasteiger partial charge >= 0.3 is 6.18 Å². The summed E-state index contributed by atoms with van der Waals surface area (Å²) in [6.45, 7) is 11.0. The normalized spacial score (nSPS) is 29.5. The summed E-state index contributed by atoms with van der Waals surface area (Å²) in [5, 5.41) is 6.08. The lowest BCUT2D eigenvalue weighted by molar-refractivity contribution is -0.0961. The Labute approximate surface area is 203 Å². The molecule has 2 atom stereocenters. The average molecular weight is 566 g/mol. The van der Waals surface area contributed by atoms with E-state index < -0.39 is 18.0 Å². The summed E-state index contributed by atoms with van der Waals surface area (Å²) in [7, 11) is 0. The summed E-state index contributed by atoms with van der Waals surface area (Å²) < 4.78 is 40.9. The zero-order valence-electron chi connectivity index (χ0n) is 18.8. The molecular formula is C22H34F3IN6. The van der Waals surface area contributed by atoms with Crippen molar-refractivity contribution < 1.29 is 13.2 Å². The molecule has 0 aromatic rings. The highest BCUT2D eigenvalue weighted by Gasteiger charge is 2.41. The van der Waals surface area contributed by atoms with Gasteiger partial charge in [-0.05, 0) is 64.9 Å². The van der Waals surface area contributed by atoms with E-state index in [1.807, 2.05) is 35.0 Å². The molecule has 2 unspecified atom stereocenters. The molecule has 6 nitrogen and oxygen atoms in total. The molecule has 180 valence electrons. The Balaban J connectivity index is 1.30. The van der Waals surface area contributed by atoms with Crippen LogP contribution in [0.25, 0.3) is 0 Å². The van der Waals surface area contributed by atoms with Crippen molar-refractivity contribution in [2.24, 2.45) is 0 Å². The Hall–Kier alpha value is -0.980. The van der Waals surface area contributed by atoms with Gasteiger partial charge in [0.05, 0.1) is 34.7 Å². The van der Waals surface area contributed by atoms with E-state index in [9.17, 15) is 13.2 Å². The third kappa shape index (κ3) is 5.56. The number of rotatable bonds is 4. The third-order valence-electron chi connectivity index (χ3n) is 6.98. The maximum absolute atomic E-state index is 13.1. The smallest absolute Gasteiger partial charge is 0.366 e. The standard InChI is InChI=1S/C22H34F3IN6/c1-16(2)29-11-7-17(8-12-29)30-9-4-10-31(14-13-30)20-6-3-5-18(27-20)21-28-19(15-32(21)26)22(23,24)25/h3,5-6,15-17,20-21,27-28H,4,7-14H2,1-2H3. The zero-order valence-corrected chi connectivity index (χ0v) is 20.9. The topological polar surface area (TPSA) is 37.0 Å². The van der Waals surface area contributed by atoms with E-state index in [4.69, 9.17) is 0 Å². The number of halogens is 4. The van der Waals surface area contributed by atoms with Crippen LogP contribution in [-0.2, 0) is 0 Å². The van der Waals surface area contributed by atoms with Crippen molar-refractivity contribution in [3.8, 4) is 0 Å². The molecule has 0 aliphatic carbocycles. The van der Waals surface area contributed by atoms with E-state index >= 15 is 0 Å². The van der Waals surface area contributed by atoms with Gasteiger partial charge in [-0.1, -0.05) is 6.08 Å². The van der Waals surface area contributed by atoms with Gasteiger partial charge < -0.3 is 15.5 Å². The predicted molar refractivity (Wildman–Crippen MR) is 129 cm³/mol. The molecule has 4 aliphatic rings. The molecule has 4 rings (SSSR count). The van der Waals surface area contributed by atoms with Crippen LogP contribution in [0.4, 0.5) is 13.2 Å². The molecule has 0 aromatic heterocycles. The molecule has 0 amide bonds. The van der Waals surface area contributed by atoms with Gasteiger partial charge in [0.2, 0.25) is 0 Å². The Kier molecular flexibility index (Phi) is 7.63. The van der Waals surface area contributed by atoms with Crippen molar-refractivity contribution in [1.82, 2.24) is 28.4 Å². The van der Waals surface area contributed by atoms with Gasteiger partial charge in [0, 0.05) is 37.9 Å². The van der Waals surface area contributed by atoms with Gasteiger partial charge in [0.15, 0.2) is 0 Å². The van der Waals surface area contributed by atoms with Crippen molar-refractivity contribution in [2.45, 2.75) is 63.7 Å². The Bertz CT molecular complexity index is 744. The first-order chi connectivity index (χ1) is 15.2. The third-order valence-corrected chi connectivity index (χ3v) is 7.81.